The summed E-state index contributed by atoms with van der Waals surface area (Å²) in [5.41, 5.74) is 2.59. The monoisotopic (exact) mass is 388 g/mol. The van der Waals surface area contributed by atoms with Gasteiger partial charge in [0.05, 0.1) is 0 Å². The molecular weight excluding hydrogens is 356 g/mol. The van der Waals surface area contributed by atoms with Gasteiger partial charge >= 0.3 is 11.8 Å². The first kappa shape index (κ1) is 21.9. The van der Waals surface area contributed by atoms with Gasteiger partial charge in [0.1, 0.15) is 6.54 Å². The lowest BCUT2D eigenvalue weighted by Gasteiger charge is -2.33. The van der Waals surface area contributed by atoms with Crippen molar-refractivity contribution >= 4 is 17.7 Å². The van der Waals surface area contributed by atoms with E-state index in [4.69, 9.17) is 0 Å². The lowest BCUT2D eigenvalue weighted by atomic mass is 10.1. The topological polar surface area (TPSA) is 81.8 Å². The largest absolute Gasteiger partial charge is 0.355 e. The number of carbonyl (C=O) groups is 3. The minimum atomic E-state index is -0.578. The molecule has 1 aromatic carbocycles. The van der Waals surface area contributed by atoms with Gasteiger partial charge in [0.15, 0.2) is 0 Å². The van der Waals surface area contributed by atoms with Crippen molar-refractivity contribution in [1.82, 2.24) is 20.4 Å². The molecule has 0 radical (unpaired) electrons. The Morgan fingerprint density at radius 2 is 1.75 bits per heavy atom. The SMILES string of the molecule is CCCN1CCN(CC(=O)NCCCNCc2cccc(CC)c2)C(=O)C1=O. The van der Waals surface area contributed by atoms with E-state index in [1.165, 1.54) is 16.0 Å². The molecule has 1 saturated heterocycles. The van der Waals surface area contributed by atoms with Crippen LogP contribution in [0, 0.1) is 0 Å². The third kappa shape index (κ3) is 6.64. The number of nitrogens with zero attached hydrogens (tertiary/aromatic N) is 2. The number of hydrogen-bond acceptors (Lipinski definition) is 4. The van der Waals surface area contributed by atoms with Gasteiger partial charge < -0.3 is 20.4 Å². The maximum Gasteiger partial charge on any atom is 0.312 e. The summed E-state index contributed by atoms with van der Waals surface area (Å²) >= 11 is 0. The van der Waals surface area contributed by atoms with Crippen LogP contribution in [0.2, 0.25) is 0 Å². The van der Waals surface area contributed by atoms with Crippen molar-refractivity contribution < 1.29 is 14.4 Å². The number of rotatable bonds is 11. The molecule has 0 spiro atoms. The smallest absolute Gasteiger partial charge is 0.312 e. The van der Waals surface area contributed by atoms with Crippen LogP contribution < -0.4 is 10.6 Å². The average Bonchev–Trinajstić information content (AvgIpc) is 2.70. The molecule has 7 heteroatoms. The van der Waals surface area contributed by atoms with Crippen molar-refractivity contribution in [2.45, 2.75) is 39.7 Å². The van der Waals surface area contributed by atoms with Crippen LogP contribution in [0.25, 0.3) is 0 Å². The Hall–Kier alpha value is -2.41. The lowest BCUT2D eigenvalue weighted by Crippen LogP contribution is -2.56. The molecule has 7 nitrogen and oxygen atoms in total. The molecule has 0 saturated carbocycles. The van der Waals surface area contributed by atoms with Crippen LogP contribution in [0.3, 0.4) is 0 Å². The highest BCUT2D eigenvalue weighted by Gasteiger charge is 2.32. The molecule has 1 fully saturated rings. The van der Waals surface area contributed by atoms with Crippen LogP contribution in [-0.4, -0.2) is 66.8 Å². The number of nitrogens with one attached hydrogen (secondary N) is 2. The number of amides is 3. The predicted molar refractivity (Wildman–Crippen MR) is 109 cm³/mol. The first-order chi connectivity index (χ1) is 13.5. The second kappa shape index (κ2) is 11.4. The summed E-state index contributed by atoms with van der Waals surface area (Å²) in [6.45, 7) is 7.69. The second-order valence-electron chi connectivity index (χ2n) is 7.07. The van der Waals surface area contributed by atoms with Gasteiger partial charge in [0.25, 0.3) is 0 Å². The molecule has 3 amide bonds. The Morgan fingerprint density at radius 3 is 2.50 bits per heavy atom. The van der Waals surface area contributed by atoms with Gasteiger partial charge in [-0.1, -0.05) is 38.1 Å². The molecular formula is C21H32N4O3. The van der Waals surface area contributed by atoms with Crippen LogP contribution in [0.5, 0.6) is 0 Å². The van der Waals surface area contributed by atoms with Gasteiger partial charge in [-0.15, -0.1) is 0 Å². The average molecular weight is 389 g/mol. The van der Waals surface area contributed by atoms with Crippen LogP contribution >= 0.6 is 0 Å². The molecule has 0 unspecified atom stereocenters. The molecule has 1 aliphatic heterocycles. The van der Waals surface area contributed by atoms with Gasteiger partial charge in [-0.3, -0.25) is 14.4 Å². The Labute approximate surface area is 167 Å². The van der Waals surface area contributed by atoms with E-state index in [1.54, 1.807) is 4.90 Å². The zero-order chi connectivity index (χ0) is 20.4. The summed E-state index contributed by atoms with van der Waals surface area (Å²) in [7, 11) is 0. The maximum atomic E-state index is 12.1. The fourth-order valence-corrected chi connectivity index (χ4v) is 3.21. The molecule has 1 aromatic rings. The van der Waals surface area contributed by atoms with Gasteiger partial charge in [-0.25, -0.2) is 0 Å². The van der Waals surface area contributed by atoms with Gasteiger partial charge in [0.2, 0.25) is 5.91 Å². The Morgan fingerprint density at radius 1 is 1.04 bits per heavy atom. The molecule has 1 aliphatic rings. The van der Waals surface area contributed by atoms with E-state index in [0.29, 0.717) is 26.2 Å². The zero-order valence-electron chi connectivity index (χ0n) is 17.0. The van der Waals surface area contributed by atoms with E-state index in [-0.39, 0.29) is 12.5 Å². The summed E-state index contributed by atoms with van der Waals surface area (Å²) in [4.78, 5) is 39.0. The van der Waals surface area contributed by atoms with E-state index in [9.17, 15) is 14.4 Å². The number of piperazine rings is 1. The van der Waals surface area contributed by atoms with E-state index < -0.39 is 11.8 Å². The van der Waals surface area contributed by atoms with E-state index >= 15 is 0 Å². The molecule has 2 rings (SSSR count). The minimum absolute atomic E-state index is 0.0538. The van der Waals surface area contributed by atoms with Crippen molar-refractivity contribution in [2.24, 2.45) is 0 Å². The first-order valence-corrected chi connectivity index (χ1v) is 10.2. The van der Waals surface area contributed by atoms with Crippen LogP contribution in [-0.2, 0) is 27.3 Å². The molecule has 0 atom stereocenters. The fourth-order valence-electron chi connectivity index (χ4n) is 3.21. The highest BCUT2D eigenvalue weighted by atomic mass is 16.2. The van der Waals surface area contributed by atoms with Crippen molar-refractivity contribution in [3.8, 4) is 0 Å². The summed E-state index contributed by atoms with van der Waals surface area (Å²) in [6.07, 6.45) is 2.65. The first-order valence-electron chi connectivity index (χ1n) is 10.2. The standard InChI is InChI=1S/C21H32N4O3/c1-3-11-24-12-13-25(21(28)20(24)27)16-19(26)23-10-6-9-22-15-18-8-5-7-17(4-2)14-18/h5,7-8,14,22H,3-4,6,9-13,15-16H2,1-2H3,(H,23,26). The molecule has 0 aliphatic carbocycles. The zero-order valence-corrected chi connectivity index (χ0v) is 17.0. The van der Waals surface area contributed by atoms with Crippen molar-refractivity contribution in [3.05, 3.63) is 35.4 Å². The summed E-state index contributed by atoms with van der Waals surface area (Å²) < 4.78 is 0. The third-order valence-corrected chi connectivity index (χ3v) is 4.81. The Bertz CT molecular complexity index is 677. The second-order valence-corrected chi connectivity index (χ2v) is 7.07. The normalized spacial score (nSPS) is 14.5. The predicted octanol–water partition coefficient (Wildman–Crippen LogP) is 0.926. The van der Waals surface area contributed by atoms with Crippen LogP contribution in [0.15, 0.2) is 24.3 Å². The van der Waals surface area contributed by atoms with Gasteiger partial charge in [-0.05, 0) is 36.9 Å². The molecule has 1 heterocycles. The quantitative estimate of drug-likeness (QED) is 0.436. The van der Waals surface area contributed by atoms with E-state index in [0.717, 1.165) is 32.4 Å². The number of benzene rings is 1. The molecule has 0 bridgehead atoms. The summed E-state index contributed by atoms with van der Waals surface area (Å²) in [5, 5.41) is 6.19. The van der Waals surface area contributed by atoms with Crippen LogP contribution in [0.1, 0.15) is 37.8 Å². The fraction of sp³-hybridized carbons (Fsp3) is 0.571. The highest BCUT2D eigenvalue weighted by Crippen LogP contribution is 2.06. The van der Waals surface area contributed by atoms with Gasteiger partial charge in [-0.2, -0.15) is 0 Å². The summed E-state index contributed by atoms with van der Waals surface area (Å²) in [6, 6.07) is 8.50. The molecule has 28 heavy (non-hydrogen) atoms. The lowest BCUT2D eigenvalue weighted by molar-refractivity contribution is -0.156. The third-order valence-electron chi connectivity index (χ3n) is 4.81. The minimum Gasteiger partial charge on any atom is -0.355 e. The van der Waals surface area contributed by atoms with E-state index in [1.807, 2.05) is 6.92 Å². The molecule has 2 N–H and O–H groups in total. The van der Waals surface area contributed by atoms with Crippen molar-refractivity contribution in [1.29, 1.82) is 0 Å². The Balaban J connectivity index is 1.60. The Kier molecular flexibility index (Phi) is 8.94. The van der Waals surface area contributed by atoms with Crippen LogP contribution in [0.4, 0.5) is 0 Å². The number of aryl methyl sites for hydroxylation is 1. The van der Waals surface area contributed by atoms with Crippen molar-refractivity contribution in [3.63, 3.8) is 0 Å². The molecule has 0 aromatic heterocycles. The number of hydrogen-bond donors (Lipinski definition) is 2. The molecule has 154 valence electrons. The van der Waals surface area contributed by atoms with Crippen molar-refractivity contribution in [2.75, 3.05) is 39.3 Å². The summed E-state index contributed by atoms with van der Waals surface area (Å²) in [5.74, 6) is -1.30. The highest BCUT2D eigenvalue weighted by molar-refractivity contribution is 6.35. The van der Waals surface area contributed by atoms with E-state index in [2.05, 4.69) is 41.8 Å². The van der Waals surface area contributed by atoms with Gasteiger partial charge in [0, 0.05) is 32.7 Å². The maximum absolute atomic E-state index is 12.1. The number of carbonyl (C=O) groups excluding carboxylic acids is 3.